The fraction of sp³-hybridized carbons (Fsp3) is 0.920. The van der Waals surface area contributed by atoms with Gasteiger partial charge in [-0.2, -0.15) is 0 Å². The van der Waals surface area contributed by atoms with E-state index in [9.17, 15) is 5.11 Å². The van der Waals surface area contributed by atoms with Crippen LogP contribution in [0.15, 0.2) is 11.6 Å². The Kier molecular flexibility index (Phi) is 5.62. The highest BCUT2D eigenvalue weighted by Gasteiger charge is 2.51. The SMILES string of the molecule is CNCC1CCC2C(CCC3C4CCC5C(CCC(OC)[C@@H]5O)C4=CCC23)C1. The van der Waals surface area contributed by atoms with Crippen molar-refractivity contribution in [2.24, 2.45) is 47.3 Å². The fourth-order valence-electron chi connectivity index (χ4n) is 8.68. The van der Waals surface area contributed by atoms with E-state index in [0.29, 0.717) is 11.8 Å². The molecule has 158 valence electrons. The Morgan fingerprint density at radius 2 is 1.68 bits per heavy atom. The van der Waals surface area contributed by atoms with Crippen molar-refractivity contribution < 1.29 is 9.84 Å². The van der Waals surface area contributed by atoms with E-state index in [1.54, 1.807) is 12.7 Å². The van der Waals surface area contributed by atoms with Gasteiger partial charge in [0.1, 0.15) is 0 Å². The second-order valence-corrected chi connectivity index (χ2v) is 10.8. The number of aliphatic hydroxyl groups is 1. The number of nitrogens with one attached hydrogen (secondary N) is 1. The molecule has 0 bridgehead atoms. The van der Waals surface area contributed by atoms with E-state index in [4.69, 9.17) is 4.74 Å². The lowest BCUT2D eigenvalue weighted by molar-refractivity contribution is -0.0955. The molecule has 0 aromatic rings. The van der Waals surface area contributed by atoms with Crippen LogP contribution in [-0.4, -0.2) is 38.0 Å². The summed E-state index contributed by atoms with van der Waals surface area (Å²) in [5.41, 5.74) is 1.77. The molecule has 3 heteroatoms. The van der Waals surface area contributed by atoms with Gasteiger partial charge in [0.25, 0.3) is 0 Å². The standard InChI is InChI=1S/C25H41NO2/c1-26-14-15-3-5-17-16(13-15)4-6-19-18(17)7-8-21-20(19)9-10-23-22(21)11-12-24(28-2)25(23)27/h8,15-20,22-27H,3-7,9-14H2,1-2H3/t15?,16?,17?,18?,19?,20?,22?,23?,24?,25-/m1/s1. The molecule has 0 aliphatic heterocycles. The number of hydrogen-bond acceptors (Lipinski definition) is 3. The Balaban J connectivity index is 1.32. The number of ether oxygens (including phenoxy) is 1. The van der Waals surface area contributed by atoms with Gasteiger partial charge in [-0.3, -0.25) is 0 Å². The summed E-state index contributed by atoms with van der Waals surface area (Å²) in [5, 5.41) is 14.3. The van der Waals surface area contributed by atoms with Gasteiger partial charge in [-0.25, -0.2) is 0 Å². The van der Waals surface area contributed by atoms with Crippen molar-refractivity contribution in [3.63, 3.8) is 0 Å². The van der Waals surface area contributed by atoms with Crippen LogP contribution in [-0.2, 0) is 4.74 Å². The van der Waals surface area contributed by atoms with Gasteiger partial charge in [0, 0.05) is 7.11 Å². The molecular weight excluding hydrogens is 346 g/mol. The molecule has 0 saturated heterocycles. The van der Waals surface area contributed by atoms with Gasteiger partial charge in [-0.1, -0.05) is 11.6 Å². The Morgan fingerprint density at radius 1 is 0.929 bits per heavy atom. The van der Waals surface area contributed by atoms with Crippen LogP contribution in [0.4, 0.5) is 0 Å². The predicted octanol–water partition coefficient (Wildman–Crippen LogP) is 4.41. The van der Waals surface area contributed by atoms with Crippen molar-refractivity contribution in [3.8, 4) is 0 Å². The monoisotopic (exact) mass is 387 g/mol. The number of aliphatic hydroxyl groups excluding tert-OH is 1. The van der Waals surface area contributed by atoms with E-state index in [2.05, 4.69) is 18.4 Å². The molecule has 5 aliphatic rings. The molecule has 4 saturated carbocycles. The van der Waals surface area contributed by atoms with Crippen molar-refractivity contribution >= 4 is 0 Å². The third-order valence-corrected chi connectivity index (χ3v) is 9.82. The van der Waals surface area contributed by atoms with Gasteiger partial charge in [0.2, 0.25) is 0 Å². The van der Waals surface area contributed by atoms with Crippen LogP contribution in [0.5, 0.6) is 0 Å². The van der Waals surface area contributed by atoms with E-state index < -0.39 is 0 Å². The average Bonchev–Trinajstić information content (AvgIpc) is 2.73. The Morgan fingerprint density at radius 3 is 2.50 bits per heavy atom. The lowest BCUT2D eigenvalue weighted by Gasteiger charge is -2.55. The molecule has 28 heavy (non-hydrogen) atoms. The van der Waals surface area contributed by atoms with E-state index >= 15 is 0 Å². The molecule has 10 atom stereocenters. The summed E-state index contributed by atoms with van der Waals surface area (Å²) in [7, 11) is 3.89. The highest BCUT2D eigenvalue weighted by atomic mass is 16.5. The van der Waals surface area contributed by atoms with E-state index in [0.717, 1.165) is 41.9 Å². The molecule has 0 amide bonds. The minimum absolute atomic E-state index is 0.0676. The summed E-state index contributed by atoms with van der Waals surface area (Å²) in [6, 6.07) is 0. The molecule has 0 radical (unpaired) electrons. The maximum atomic E-state index is 10.9. The third-order valence-electron chi connectivity index (χ3n) is 9.82. The molecule has 4 fully saturated rings. The first-order valence-corrected chi connectivity index (χ1v) is 12.3. The molecule has 0 heterocycles. The maximum Gasteiger partial charge on any atom is 0.0835 e. The minimum Gasteiger partial charge on any atom is -0.390 e. The first-order chi connectivity index (χ1) is 13.7. The van der Waals surface area contributed by atoms with Gasteiger partial charge in [0.05, 0.1) is 12.2 Å². The average molecular weight is 388 g/mol. The van der Waals surface area contributed by atoms with Crippen molar-refractivity contribution in [1.29, 1.82) is 0 Å². The van der Waals surface area contributed by atoms with Crippen LogP contribution < -0.4 is 5.32 Å². The molecule has 9 unspecified atom stereocenters. The number of allylic oxidation sites excluding steroid dienone is 2. The Bertz CT molecular complexity index is 589. The van der Waals surface area contributed by atoms with Crippen LogP contribution in [0.1, 0.15) is 64.2 Å². The quantitative estimate of drug-likeness (QED) is 0.705. The molecule has 5 rings (SSSR count). The lowest BCUT2D eigenvalue weighted by atomic mass is 9.50. The van der Waals surface area contributed by atoms with E-state index in [-0.39, 0.29) is 12.2 Å². The number of methoxy groups -OCH3 is 1. The van der Waals surface area contributed by atoms with Crippen LogP contribution >= 0.6 is 0 Å². The molecule has 0 aromatic carbocycles. The largest absolute Gasteiger partial charge is 0.390 e. The van der Waals surface area contributed by atoms with E-state index in [1.165, 1.54) is 64.3 Å². The third kappa shape index (κ3) is 3.20. The van der Waals surface area contributed by atoms with Gasteiger partial charge in [-0.15, -0.1) is 0 Å². The molecule has 0 aromatic heterocycles. The summed E-state index contributed by atoms with van der Waals surface area (Å²) in [5.74, 6) is 6.75. The smallest absolute Gasteiger partial charge is 0.0835 e. The molecule has 5 aliphatic carbocycles. The minimum atomic E-state index is -0.249. The van der Waals surface area contributed by atoms with Gasteiger partial charge < -0.3 is 15.2 Å². The van der Waals surface area contributed by atoms with E-state index in [1.807, 2.05) is 0 Å². The van der Waals surface area contributed by atoms with Crippen molar-refractivity contribution in [3.05, 3.63) is 11.6 Å². The molecule has 0 spiro atoms. The Hall–Kier alpha value is -0.380. The summed E-state index contributed by atoms with van der Waals surface area (Å²) in [6.45, 7) is 1.22. The highest BCUT2D eigenvalue weighted by Crippen LogP contribution is 2.59. The van der Waals surface area contributed by atoms with Gasteiger partial charge in [-0.05, 0) is 125 Å². The normalized spacial score (nSPS) is 50.6. The Labute approximate surface area is 171 Å². The van der Waals surface area contributed by atoms with Crippen molar-refractivity contribution in [2.75, 3.05) is 20.7 Å². The van der Waals surface area contributed by atoms with Crippen LogP contribution in [0.3, 0.4) is 0 Å². The second-order valence-electron chi connectivity index (χ2n) is 10.8. The van der Waals surface area contributed by atoms with Crippen molar-refractivity contribution in [1.82, 2.24) is 5.32 Å². The topological polar surface area (TPSA) is 41.5 Å². The van der Waals surface area contributed by atoms with Crippen LogP contribution in [0.2, 0.25) is 0 Å². The molecular formula is C25H41NO2. The number of rotatable bonds is 3. The molecule has 3 nitrogen and oxygen atoms in total. The summed E-state index contributed by atoms with van der Waals surface area (Å²) >= 11 is 0. The summed E-state index contributed by atoms with van der Waals surface area (Å²) < 4.78 is 5.59. The zero-order valence-corrected chi connectivity index (χ0v) is 18.0. The first kappa shape index (κ1) is 19.6. The second kappa shape index (κ2) is 8.04. The zero-order valence-electron chi connectivity index (χ0n) is 18.0. The van der Waals surface area contributed by atoms with Crippen LogP contribution in [0, 0.1) is 47.3 Å². The lowest BCUT2D eigenvalue weighted by Crippen LogP contribution is -2.50. The van der Waals surface area contributed by atoms with Crippen molar-refractivity contribution in [2.45, 2.75) is 76.4 Å². The van der Waals surface area contributed by atoms with Gasteiger partial charge >= 0.3 is 0 Å². The summed E-state index contributed by atoms with van der Waals surface area (Å²) in [4.78, 5) is 0. The fourth-order valence-corrected chi connectivity index (χ4v) is 8.68. The highest BCUT2D eigenvalue weighted by molar-refractivity contribution is 5.23. The van der Waals surface area contributed by atoms with Gasteiger partial charge in [0.15, 0.2) is 0 Å². The summed E-state index contributed by atoms with van der Waals surface area (Å²) in [6.07, 6.45) is 16.0. The first-order valence-electron chi connectivity index (χ1n) is 12.3. The zero-order chi connectivity index (χ0) is 19.3. The number of hydrogen-bond donors (Lipinski definition) is 2. The number of fused-ring (bicyclic) bond motifs is 7. The maximum absolute atomic E-state index is 10.9. The van der Waals surface area contributed by atoms with Crippen LogP contribution in [0.25, 0.3) is 0 Å². The predicted molar refractivity (Wildman–Crippen MR) is 113 cm³/mol. The molecule has 2 N–H and O–H groups in total.